The predicted octanol–water partition coefficient (Wildman–Crippen LogP) is 3.44. The number of hydrogen-bond donors (Lipinski definition) is 2. The minimum atomic E-state index is -3.19. The quantitative estimate of drug-likeness (QED) is 0.751. The molecule has 1 aromatic rings. The van der Waals surface area contributed by atoms with E-state index >= 15 is 0 Å². The summed E-state index contributed by atoms with van der Waals surface area (Å²) < 4.78 is 22.2. The number of hydrogen-bond acceptors (Lipinski definition) is 4. The molecular formula is C10H19N2O3P. The minimum absolute atomic E-state index is 0. The highest BCUT2D eigenvalue weighted by Gasteiger charge is 2.23. The third-order valence-electron chi connectivity index (χ3n) is 1.64. The second-order valence-electron chi connectivity index (χ2n) is 2.81. The van der Waals surface area contributed by atoms with Gasteiger partial charge in [-0.25, -0.2) is 4.57 Å². The highest BCUT2D eigenvalue weighted by molar-refractivity contribution is 7.55. The van der Waals surface area contributed by atoms with Crippen molar-refractivity contribution in [1.82, 2.24) is 6.15 Å². The van der Waals surface area contributed by atoms with Gasteiger partial charge in [0.1, 0.15) is 0 Å². The molecule has 0 spiro atoms. The third kappa shape index (κ3) is 4.77. The van der Waals surface area contributed by atoms with E-state index in [0.29, 0.717) is 13.2 Å². The van der Waals surface area contributed by atoms with Crippen molar-refractivity contribution in [2.75, 3.05) is 18.3 Å². The van der Waals surface area contributed by atoms with Crippen molar-refractivity contribution in [2.45, 2.75) is 13.8 Å². The predicted molar refractivity (Wildman–Crippen MR) is 65.9 cm³/mol. The fourth-order valence-corrected chi connectivity index (χ4v) is 2.46. The topological polar surface area (TPSA) is 82.6 Å². The summed E-state index contributed by atoms with van der Waals surface area (Å²) in [5.41, 5.74) is 0.725. The summed E-state index contributed by atoms with van der Waals surface area (Å²) in [5.74, 6) is 0. The summed E-state index contributed by atoms with van der Waals surface area (Å²) in [6, 6.07) is 9.21. The second-order valence-corrected chi connectivity index (χ2v) is 4.55. The molecule has 0 saturated carbocycles. The molecule has 0 aliphatic heterocycles. The summed E-state index contributed by atoms with van der Waals surface area (Å²) in [5, 5.41) is 2.77. The van der Waals surface area contributed by atoms with Gasteiger partial charge in [0.2, 0.25) is 0 Å². The number of para-hydroxylation sites is 1. The van der Waals surface area contributed by atoms with E-state index in [1.807, 2.05) is 30.3 Å². The SMILES string of the molecule is CCOP(=O)(Nc1ccccc1)OCC.N. The van der Waals surface area contributed by atoms with Gasteiger partial charge < -0.3 is 6.15 Å². The van der Waals surface area contributed by atoms with Crippen molar-refractivity contribution in [3.63, 3.8) is 0 Å². The first-order chi connectivity index (χ1) is 7.20. The zero-order valence-electron chi connectivity index (χ0n) is 9.68. The summed E-state index contributed by atoms with van der Waals surface area (Å²) in [6.07, 6.45) is 0. The molecule has 92 valence electrons. The fourth-order valence-electron chi connectivity index (χ4n) is 1.11. The Bertz CT molecular complexity index is 322. The molecule has 0 aliphatic rings. The minimum Gasteiger partial charge on any atom is -0.344 e. The van der Waals surface area contributed by atoms with Gasteiger partial charge in [-0.2, -0.15) is 0 Å². The molecule has 0 unspecified atom stereocenters. The molecule has 5 nitrogen and oxygen atoms in total. The van der Waals surface area contributed by atoms with Crippen LogP contribution in [0.15, 0.2) is 30.3 Å². The van der Waals surface area contributed by atoms with E-state index in [9.17, 15) is 4.57 Å². The second kappa shape index (κ2) is 7.41. The van der Waals surface area contributed by atoms with E-state index in [4.69, 9.17) is 9.05 Å². The van der Waals surface area contributed by atoms with Gasteiger partial charge in [-0.3, -0.25) is 14.1 Å². The maximum atomic E-state index is 12.0. The maximum Gasteiger partial charge on any atom is 0.432 e. The Labute approximate surface area is 96.3 Å². The molecule has 0 bridgehead atoms. The summed E-state index contributed by atoms with van der Waals surface area (Å²) >= 11 is 0. The van der Waals surface area contributed by atoms with Crippen molar-refractivity contribution in [1.29, 1.82) is 0 Å². The van der Waals surface area contributed by atoms with Crippen molar-refractivity contribution >= 4 is 13.4 Å². The van der Waals surface area contributed by atoms with Gasteiger partial charge in [0.15, 0.2) is 0 Å². The lowest BCUT2D eigenvalue weighted by atomic mass is 10.3. The molecule has 1 aromatic carbocycles. The Morgan fingerprint density at radius 1 is 1.12 bits per heavy atom. The van der Waals surface area contributed by atoms with Crippen molar-refractivity contribution in [2.24, 2.45) is 0 Å². The van der Waals surface area contributed by atoms with Crippen LogP contribution in [0.4, 0.5) is 5.69 Å². The maximum absolute atomic E-state index is 12.0. The summed E-state index contributed by atoms with van der Waals surface area (Å²) in [4.78, 5) is 0. The van der Waals surface area contributed by atoms with E-state index in [0.717, 1.165) is 5.69 Å². The largest absolute Gasteiger partial charge is 0.432 e. The van der Waals surface area contributed by atoms with Crippen molar-refractivity contribution < 1.29 is 13.6 Å². The Morgan fingerprint density at radius 3 is 2.06 bits per heavy atom. The monoisotopic (exact) mass is 246 g/mol. The number of benzene rings is 1. The van der Waals surface area contributed by atoms with Crippen molar-refractivity contribution in [3.8, 4) is 0 Å². The Kier molecular flexibility index (Phi) is 7.01. The van der Waals surface area contributed by atoms with Crippen LogP contribution in [0.3, 0.4) is 0 Å². The average molecular weight is 246 g/mol. The molecule has 6 heteroatoms. The van der Waals surface area contributed by atoms with Gasteiger partial charge >= 0.3 is 7.75 Å². The van der Waals surface area contributed by atoms with Crippen LogP contribution in [0, 0.1) is 0 Å². The molecule has 0 aromatic heterocycles. The summed E-state index contributed by atoms with van der Waals surface area (Å²) in [7, 11) is -3.19. The van der Waals surface area contributed by atoms with Gasteiger partial charge in [-0.15, -0.1) is 0 Å². The Balaban J connectivity index is 0.00000225. The molecule has 0 atom stereocenters. The Morgan fingerprint density at radius 2 is 1.62 bits per heavy atom. The molecule has 0 saturated heterocycles. The van der Waals surface area contributed by atoms with Gasteiger partial charge in [0.25, 0.3) is 0 Å². The average Bonchev–Trinajstić information content (AvgIpc) is 2.19. The number of anilines is 1. The number of rotatable bonds is 6. The Hall–Kier alpha value is -0.870. The molecular weight excluding hydrogens is 227 g/mol. The fraction of sp³-hybridized carbons (Fsp3) is 0.400. The summed E-state index contributed by atoms with van der Waals surface area (Å²) in [6.45, 7) is 4.24. The van der Waals surface area contributed by atoms with E-state index in [-0.39, 0.29) is 6.15 Å². The lowest BCUT2D eigenvalue weighted by Crippen LogP contribution is -2.04. The van der Waals surface area contributed by atoms with Crippen LogP contribution in [0.1, 0.15) is 13.8 Å². The normalized spacial score (nSPS) is 10.6. The molecule has 1 rings (SSSR count). The van der Waals surface area contributed by atoms with E-state index < -0.39 is 7.75 Å². The molecule has 16 heavy (non-hydrogen) atoms. The van der Waals surface area contributed by atoms with Gasteiger partial charge in [0, 0.05) is 5.69 Å². The molecule has 0 aliphatic carbocycles. The first-order valence-corrected chi connectivity index (χ1v) is 6.47. The van der Waals surface area contributed by atoms with E-state index in [2.05, 4.69) is 5.09 Å². The van der Waals surface area contributed by atoms with Crippen LogP contribution in [0.2, 0.25) is 0 Å². The lowest BCUT2D eigenvalue weighted by Gasteiger charge is -2.18. The standard InChI is InChI=1S/C10H16NO3P.H3N/c1-3-13-15(12,14-4-2)11-10-8-6-5-7-9-10;/h5-9H,3-4H2,1-2H3,(H,11,12);1H3. The highest BCUT2D eigenvalue weighted by Crippen LogP contribution is 2.47. The van der Waals surface area contributed by atoms with Gasteiger partial charge in [-0.1, -0.05) is 18.2 Å². The zero-order chi connectivity index (χ0) is 11.1. The zero-order valence-corrected chi connectivity index (χ0v) is 10.6. The molecule has 0 heterocycles. The smallest absolute Gasteiger partial charge is 0.344 e. The molecule has 0 radical (unpaired) electrons. The van der Waals surface area contributed by atoms with E-state index in [1.165, 1.54) is 0 Å². The lowest BCUT2D eigenvalue weighted by molar-refractivity contribution is 0.225. The van der Waals surface area contributed by atoms with Crippen LogP contribution in [0.25, 0.3) is 0 Å². The molecule has 0 fully saturated rings. The molecule has 4 N–H and O–H groups in total. The number of nitrogens with one attached hydrogen (secondary N) is 1. The van der Waals surface area contributed by atoms with Crippen LogP contribution >= 0.6 is 7.75 Å². The first-order valence-electron chi connectivity index (χ1n) is 4.92. The molecule has 0 amide bonds. The van der Waals surface area contributed by atoms with Crippen LogP contribution in [-0.2, 0) is 13.6 Å². The first kappa shape index (κ1) is 15.1. The van der Waals surface area contributed by atoms with E-state index in [1.54, 1.807) is 13.8 Å². The van der Waals surface area contributed by atoms with Crippen molar-refractivity contribution in [3.05, 3.63) is 30.3 Å². The van der Waals surface area contributed by atoms with Crippen LogP contribution in [0.5, 0.6) is 0 Å². The van der Waals surface area contributed by atoms with Gasteiger partial charge in [0.05, 0.1) is 13.2 Å². The third-order valence-corrected chi connectivity index (χ3v) is 3.37. The highest BCUT2D eigenvalue weighted by atomic mass is 31.2. The van der Waals surface area contributed by atoms with Gasteiger partial charge in [-0.05, 0) is 26.0 Å². The van der Waals surface area contributed by atoms with Crippen LogP contribution in [-0.4, -0.2) is 13.2 Å². The van der Waals surface area contributed by atoms with Crippen LogP contribution < -0.4 is 11.2 Å².